The van der Waals surface area contributed by atoms with E-state index in [1.165, 1.54) is 24.3 Å². The number of aromatic nitrogens is 1. The van der Waals surface area contributed by atoms with Crippen LogP contribution in [0.25, 0.3) is 0 Å². The maximum absolute atomic E-state index is 13.1. The number of nitrogens with two attached hydrogens (primary N) is 1. The molecule has 0 bridgehead atoms. The van der Waals surface area contributed by atoms with Gasteiger partial charge in [-0.1, -0.05) is 12.1 Å². The Labute approximate surface area is 114 Å². The van der Waals surface area contributed by atoms with Crippen LogP contribution in [0.2, 0.25) is 0 Å². The first-order chi connectivity index (χ1) is 9.45. The van der Waals surface area contributed by atoms with Gasteiger partial charge in [-0.3, -0.25) is 10.1 Å². The molecule has 6 nitrogen and oxygen atoms in total. The van der Waals surface area contributed by atoms with E-state index in [1.54, 1.807) is 24.1 Å². The number of nitrogen functional groups attached to an aromatic ring is 1. The monoisotopic (exact) mass is 276 g/mol. The van der Waals surface area contributed by atoms with E-state index >= 15 is 0 Å². The van der Waals surface area contributed by atoms with Crippen molar-refractivity contribution in [3.05, 3.63) is 57.9 Å². The van der Waals surface area contributed by atoms with Crippen molar-refractivity contribution in [3.63, 3.8) is 0 Å². The standard InChI is InChI=1S/C13H13FN4O2/c1-17(8-9-3-2-4-10(14)5-9)13-7-11(18(19)20)6-12(15)16-13/h2-7H,8H2,1H3,(H2,15,16). The van der Waals surface area contributed by atoms with Crippen LogP contribution in [0.1, 0.15) is 5.56 Å². The van der Waals surface area contributed by atoms with Gasteiger partial charge in [0, 0.05) is 13.6 Å². The largest absolute Gasteiger partial charge is 0.383 e. The van der Waals surface area contributed by atoms with Crippen LogP contribution >= 0.6 is 0 Å². The molecule has 1 aromatic carbocycles. The Morgan fingerprint density at radius 3 is 2.80 bits per heavy atom. The lowest BCUT2D eigenvalue weighted by molar-refractivity contribution is -0.384. The summed E-state index contributed by atoms with van der Waals surface area (Å²) >= 11 is 0. The minimum Gasteiger partial charge on any atom is -0.383 e. The van der Waals surface area contributed by atoms with E-state index in [-0.39, 0.29) is 17.3 Å². The number of hydrogen-bond donors (Lipinski definition) is 1. The molecule has 104 valence electrons. The Bertz CT molecular complexity index is 648. The minimum absolute atomic E-state index is 0.0697. The topological polar surface area (TPSA) is 85.3 Å². The Hall–Kier alpha value is -2.70. The molecule has 0 aliphatic rings. The highest BCUT2D eigenvalue weighted by molar-refractivity contribution is 5.54. The van der Waals surface area contributed by atoms with E-state index in [2.05, 4.69) is 4.98 Å². The van der Waals surface area contributed by atoms with Crippen molar-refractivity contribution >= 4 is 17.3 Å². The average molecular weight is 276 g/mol. The second kappa shape index (κ2) is 5.52. The first kappa shape index (κ1) is 13.7. The summed E-state index contributed by atoms with van der Waals surface area (Å²) in [7, 11) is 1.70. The van der Waals surface area contributed by atoms with Crippen molar-refractivity contribution in [2.45, 2.75) is 6.54 Å². The summed E-state index contributed by atoms with van der Waals surface area (Å²) in [5, 5.41) is 10.8. The Morgan fingerprint density at radius 2 is 2.15 bits per heavy atom. The zero-order chi connectivity index (χ0) is 14.7. The molecule has 2 rings (SSSR count). The fourth-order valence-electron chi connectivity index (χ4n) is 1.81. The highest BCUT2D eigenvalue weighted by atomic mass is 19.1. The molecular weight excluding hydrogens is 263 g/mol. The normalized spacial score (nSPS) is 10.3. The Morgan fingerprint density at radius 1 is 1.40 bits per heavy atom. The maximum atomic E-state index is 13.1. The van der Waals surface area contributed by atoms with Gasteiger partial charge < -0.3 is 10.6 Å². The summed E-state index contributed by atoms with van der Waals surface area (Å²) in [5.74, 6) is 0.101. The summed E-state index contributed by atoms with van der Waals surface area (Å²) in [6.07, 6.45) is 0. The SMILES string of the molecule is CN(Cc1cccc(F)c1)c1cc([N+](=O)[O-])cc(N)n1. The number of halogens is 1. The Balaban J connectivity index is 2.25. The molecule has 0 aliphatic carbocycles. The van der Waals surface area contributed by atoms with Gasteiger partial charge in [-0.15, -0.1) is 0 Å². The second-order valence-corrected chi connectivity index (χ2v) is 4.35. The second-order valence-electron chi connectivity index (χ2n) is 4.35. The zero-order valence-corrected chi connectivity index (χ0v) is 10.8. The molecule has 0 amide bonds. The minimum atomic E-state index is -0.530. The molecule has 1 aromatic heterocycles. The van der Waals surface area contributed by atoms with Crippen molar-refractivity contribution < 1.29 is 9.31 Å². The lowest BCUT2D eigenvalue weighted by Crippen LogP contribution is -2.18. The van der Waals surface area contributed by atoms with Crippen LogP contribution in [0, 0.1) is 15.9 Å². The number of nitro groups is 1. The first-order valence-electron chi connectivity index (χ1n) is 5.83. The first-order valence-corrected chi connectivity index (χ1v) is 5.83. The summed E-state index contributed by atoms with van der Waals surface area (Å²) < 4.78 is 13.1. The molecule has 0 spiro atoms. The molecule has 0 saturated heterocycles. The molecule has 1 heterocycles. The number of benzene rings is 1. The van der Waals surface area contributed by atoms with Crippen LogP contribution in [0.5, 0.6) is 0 Å². The molecule has 0 unspecified atom stereocenters. The molecule has 0 fully saturated rings. The van der Waals surface area contributed by atoms with Gasteiger partial charge in [0.25, 0.3) is 5.69 Å². The third-order valence-electron chi connectivity index (χ3n) is 2.73. The smallest absolute Gasteiger partial charge is 0.276 e. The number of nitrogens with zero attached hydrogens (tertiary/aromatic N) is 3. The lowest BCUT2D eigenvalue weighted by Gasteiger charge is -2.18. The van der Waals surface area contributed by atoms with E-state index < -0.39 is 4.92 Å². The number of anilines is 2. The summed E-state index contributed by atoms with van der Waals surface area (Å²) in [5.41, 5.74) is 6.16. The maximum Gasteiger partial charge on any atom is 0.276 e. The van der Waals surface area contributed by atoms with Gasteiger partial charge in [0.2, 0.25) is 0 Å². The molecular formula is C13H13FN4O2. The molecule has 0 atom stereocenters. The van der Waals surface area contributed by atoms with E-state index in [0.717, 1.165) is 5.56 Å². The molecule has 0 saturated carbocycles. The third-order valence-corrected chi connectivity index (χ3v) is 2.73. The lowest BCUT2D eigenvalue weighted by atomic mass is 10.2. The molecule has 20 heavy (non-hydrogen) atoms. The van der Waals surface area contributed by atoms with Crippen LogP contribution < -0.4 is 10.6 Å². The Kier molecular flexibility index (Phi) is 3.79. The molecule has 2 N–H and O–H groups in total. The number of hydrogen-bond acceptors (Lipinski definition) is 5. The van der Waals surface area contributed by atoms with E-state index in [4.69, 9.17) is 5.73 Å². The van der Waals surface area contributed by atoms with Gasteiger partial charge >= 0.3 is 0 Å². The van der Waals surface area contributed by atoms with Crippen LogP contribution in [0.15, 0.2) is 36.4 Å². The predicted molar refractivity (Wildman–Crippen MR) is 73.8 cm³/mol. The fourth-order valence-corrected chi connectivity index (χ4v) is 1.81. The molecule has 0 aliphatic heterocycles. The van der Waals surface area contributed by atoms with Crippen molar-refractivity contribution in [1.29, 1.82) is 0 Å². The predicted octanol–water partition coefficient (Wildman–Crippen LogP) is 2.35. The van der Waals surface area contributed by atoms with Crippen molar-refractivity contribution in [2.75, 3.05) is 17.7 Å². The van der Waals surface area contributed by atoms with Crippen LogP contribution in [-0.2, 0) is 6.54 Å². The summed E-state index contributed by atoms with van der Waals surface area (Å²) in [6.45, 7) is 0.366. The van der Waals surface area contributed by atoms with Crippen LogP contribution in [0.4, 0.5) is 21.7 Å². The molecule has 0 radical (unpaired) electrons. The van der Waals surface area contributed by atoms with Crippen molar-refractivity contribution in [2.24, 2.45) is 0 Å². The fraction of sp³-hybridized carbons (Fsp3) is 0.154. The summed E-state index contributed by atoms with van der Waals surface area (Å²) in [6, 6.07) is 8.65. The average Bonchev–Trinajstić information content (AvgIpc) is 2.37. The highest BCUT2D eigenvalue weighted by Gasteiger charge is 2.13. The zero-order valence-electron chi connectivity index (χ0n) is 10.8. The molecule has 7 heteroatoms. The number of rotatable bonds is 4. The van der Waals surface area contributed by atoms with E-state index in [0.29, 0.717) is 12.4 Å². The van der Waals surface area contributed by atoms with Crippen molar-refractivity contribution in [1.82, 2.24) is 4.98 Å². The molecule has 2 aromatic rings. The van der Waals surface area contributed by atoms with Gasteiger partial charge in [0.05, 0.1) is 17.1 Å². The highest BCUT2D eigenvalue weighted by Crippen LogP contribution is 2.22. The van der Waals surface area contributed by atoms with Crippen LogP contribution in [-0.4, -0.2) is 17.0 Å². The van der Waals surface area contributed by atoms with Crippen LogP contribution in [0.3, 0.4) is 0 Å². The van der Waals surface area contributed by atoms with Gasteiger partial charge in [-0.05, 0) is 17.7 Å². The third kappa shape index (κ3) is 3.19. The van der Waals surface area contributed by atoms with E-state index in [9.17, 15) is 14.5 Å². The number of pyridine rings is 1. The van der Waals surface area contributed by atoms with Crippen molar-refractivity contribution in [3.8, 4) is 0 Å². The van der Waals surface area contributed by atoms with E-state index in [1.807, 2.05) is 0 Å². The van der Waals surface area contributed by atoms with Gasteiger partial charge in [-0.2, -0.15) is 0 Å². The van der Waals surface area contributed by atoms with Gasteiger partial charge in [0.15, 0.2) is 0 Å². The quantitative estimate of drug-likeness (QED) is 0.684. The van der Waals surface area contributed by atoms with Gasteiger partial charge in [-0.25, -0.2) is 9.37 Å². The van der Waals surface area contributed by atoms with Gasteiger partial charge in [0.1, 0.15) is 17.5 Å². The summed E-state index contributed by atoms with van der Waals surface area (Å²) in [4.78, 5) is 16.0.